The Hall–Kier alpha value is -1.03. The molecule has 0 aliphatic heterocycles. The minimum absolute atomic E-state index is 0.278. The van der Waals surface area contributed by atoms with Gasteiger partial charge in [0.1, 0.15) is 0 Å². The van der Waals surface area contributed by atoms with Crippen molar-refractivity contribution in [2.45, 2.75) is 6.92 Å². The first-order valence-corrected chi connectivity index (χ1v) is 2.83. The third-order valence-corrected chi connectivity index (χ3v) is 0.459. The van der Waals surface area contributed by atoms with E-state index < -0.39 is 5.97 Å². The highest BCUT2D eigenvalue weighted by Gasteiger charge is 1.81. The summed E-state index contributed by atoms with van der Waals surface area (Å²) in [5.41, 5.74) is 4.57. The molecular weight excluding hydrogens is 134 g/mol. The molecule has 0 saturated carbocycles. The molecule has 0 atom stereocenters. The van der Waals surface area contributed by atoms with Crippen LogP contribution in [0.25, 0.3) is 0 Å². The van der Waals surface area contributed by atoms with Crippen LogP contribution in [0.1, 0.15) is 6.92 Å². The molecule has 0 aromatic carbocycles. The van der Waals surface area contributed by atoms with E-state index in [9.17, 15) is 4.79 Å². The lowest BCUT2D eigenvalue weighted by Crippen LogP contribution is -2.10. The van der Waals surface area contributed by atoms with Gasteiger partial charge in [0.05, 0.1) is 19.4 Å². The molecule has 0 heterocycles. The average molecular weight is 147 g/mol. The van der Waals surface area contributed by atoms with E-state index in [-0.39, 0.29) is 6.54 Å². The number of rotatable bonds is 3. The van der Waals surface area contributed by atoms with Crippen molar-refractivity contribution in [2.24, 2.45) is 5.73 Å². The summed E-state index contributed by atoms with van der Waals surface area (Å²) < 4.78 is 4.60. The number of hydrogen-bond acceptors (Lipinski definition) is 3. The lowest BCUT2D eigenvalue weighted by molar-refractivity contribution is -0.135. The zero-order valence-corrected chi connectivity index (χ0v) is 6.04. The van der Waals surface area contributed by atoms with Crippen LogP contribution in [0, 0.1) is 0 Å². The predicted molar refractivity (Wildman–Crippen MR) is 38.5 cm³/mol. The van der Waals surface area contributed by atoms with E-state index in [0.717, 1.165) is 6.61 Å². The van der Waals surface area contributed by atoms with Crippen LogP contribution in [0.3, 0.4) is 0 Å². The van der Waals surface area contributed by atoms with Crippen molar-refractivity contribution in [3.8, 4) is 0 Å². The Kier molecular flexibility index (Phi) is 12.7. The smallest absolute Gasteiger partial charge is 0.317 e. The fourth-order valence-electron chi connectivity index (χ4n) is 0.118. The summed E-state index contributed by atoms with van der Waals surface area (Å²) in [5, 5.41) is 7.60. The maximum absolute atomic E-state index is 9.24. The molecule has 0 aromatic heterocycles. The molecule has 4 nitrogen and oxygen atoms in total. The molecule has 3 N–H and O–H groups in total. The molecule has 0 bridgehead atoms. The van der Waals surface area contributed by atoms with Gasteiger partial charge in [0.25, 0.3) is 0 Å². The van der Waals surface area contributed by atoms with Gasteiger partial charge in [-0.2, -0.15) is 0 Å². The molecule has 0 aliphatic carbocycles. The number of carboxylic acid groups (broad SMARTS) is 1. The largest absolute Gasteiger partial charge is 0.502 e. The number of aliphatic carboxylic acids is 1. The zero-order chi connectivity index (χ0) is 8.41. The van der Waals surface area contributed by atoms with Crippen molar-refractivity contribution in [3.05, 3.63) is 12.8 Å². The van der Waals surface area contributed by atoms with Crippen molar-refractivity contribution >= 4 is 5.97 Å². The van der Waals surface area contributed by atoms with E-state index in [1.165, 1.54) is 6.26 Å². The molecule has 0 spiro atoms. The number of ether oxygens (including phenoxy) is 1. The van der Waals surface area contributed by atoms with E-state index in [4.69, 9.17) is 5.11 Å². The van der Waals surface area contributed by atoms with Gasteiger partial charge in [-0.3, -0.25) is 4.79 Å². The minimum atomic E-state index is -0.968. The monoisotopic (exact) mass is 147 g/mol. The third kappa shape index (κ3) is 28.2. The molecule has 10 heavy (non-hydrogen) atoms. The number of carboxylic acids is 1. The first-order chi connectivity index (χ1) is 4.68. The van der Waals surface area contributed by atoms with E-state index in [1.54, 1.807) is 0 Å². The van der Waals surface area contributed by atoms with Gasteiger partial charge >= 0.3 is 5.97 Å². The molecule has 0 aliphatic rings. The van der Waals surface area contributed by atoms with Crippen LogP contribution in [0.2, 0.25) is 0 Å². The van der Waals surface area contributed by atoms with E-state index in [0.29, 0.717) is 0 Å². The molecule has 0 saturated heterocycles. The second-order valence-electron chi connectivity index (χ2n) is 1.22. The zero-order valence-electron chi connectivity index (χ0n) is 6.04. The Labute approximate surface area is 60.3 Å². The van der Waals surface area contributed by atoms with Crippen molar-refractivity contribution in [1.29, 1.82) is 0 Å². The highest BCUT2D eigenvalue weighted by molar-refractivity contribution is 5.68. The highest BCUT2D eigenvalue weighted by atomic mass is 16.5. The summed E-state index contributed by atoms with van der Waals surface area (Å²) in [5.74, 6) is -0.968. The SMILES string of the molecule is C=COCC.NCC(=O)O. The third-order valence-electron chi connectivity index (χ3n) is 0.459. The average Bonchev–Trinajstić information content (AvgIpc) is 1.91. The summed E-state index contributed by atoms with van der Waals surface area (Å²) in [6.45, 7) is 5.69. The number of nitrogens with two attached hydrogens (primary N) is 1. The van der Waals surface area contributed by atoms with Crippen LogP contribution in [-0.2, 0) is 9.53 Å². The number of hydrogen-bond donors (Lipinski definition) is 2. The van der Waals surface area contributed by atoms with Crippen molar-refractivity contribution in [1.82, 2.24) is 0 Å². The van der Waals surface area contributed by atoms with Crippen molar-refractivity contribution in [3.63, 3.8) is 0 Å². The van der Waals surface area contributed by atoms with Crippen LogP contribution in [0.15, 0.2) is 12.8 Å². The van der Waals surface area contributed by atoms with Gasteiger partial charge in [-0.1, -0.05) is 6.58 Å². The van der Waals surface area contributed by atoms with Gasteiger partial charge in [0, 0.05) is 0 Å². The molecule has 0 rings (SSSR count). The summed E-state index contributed by atoms with van der Waals surface area (Å²) in [6, 6.07) is 0. The molecular formula is C6H13NO3. The molecule has 0 fully saturated rings. The second kappa shape index (κ2) is 10.9. The first-order valence-electron chi connectivity index (χ1n) is 2.83. The lowest BCUT2D eigenvalue weighted by Gasteiger charge is -1.84. The Balaban J connectivity index is 0. The lowest BCUT2D eigenvalue weighted by atomic mass is 10.7. The summed E-state index contributed by atoms with van der Waals surface area (Å²) >= 11 is 0. The fourth-order valence-corrected chi connectivity index (χ4v) is 0.118. The molecule has 4 heteroatoms. The predicted octanol–water partition coefficient (Wildman–Crippen LogP) is 0.196. The van der Waals surface area contributed by atoms with Crippen LogP contribution >= 0.6 is 0 Å². The fraction of sp³-hybridized carbons (Fsp3) is 0.500. The summed E-state index contributed by atoms with van der Waals surface area (Å²) in [6.07, 6.45) is 1.43. The summed E-state index contributed by atoms with van der Waals surface area (Å²) in [4.78, 5) is 9.24. The molecule has 60 valence electrons. The van der Waals surface area contributed by atoms with Gasteiger partial charge in [-0.25, -0.2) is 0 Å². The Morgan fingerprint density at radius 1 is 1.90 bits per heavy atom. The highest BCUT2D eigenvalue weighted by Crippen LogP contribution is 1.65. The molecule has 0 unspecified atom stereocenters. The minimum Gasteiger partial charge on any atom is -0.502 e. The van der Waals surface area contributed by atoms with Gasteiger partial charge < -0.3 is 15.6 Å². The molecule has 0 amide bonds. The van der Waals surface area contributed by atoms with Gasteiger partial charge in [0.2, 0.25) is 0 Å². The second-order valence-corrected chi connectivity index (χ2v) is 1.22. The Morgan fingerprint density at radius 2 is 2.30 bits per heavy atom. The topological polar surface area (TPSA) is 72.5 Å². The van der Waals surface area contributed by atoms with E-state index in [1.807, 2.05) is 6.92 Å². The molecule has 0 aromatic rings. The van der Waals surface area contributed by atoms with Crippen LogP contribution in [-0.4, -0.2) is 24.2 Å². The van der Waals surface area contributed by atoms with Crippen molar-refractivity contribution in [2.75, 3.05) is 13.2 Å². The van der Waals surface area contributed by atoms with Crippen molar-refractivity contribution < 1.29 is 14.6 Å². The van der Waals surface area contributed by atoms with Gasteiger partial charge in [-0.15, -0.1) is 0 Å². The Morgan fingerprint density at radius 3 is 2.30 bits per heavy atom. The van der Waals surface area contributed by atoms with Crippen LogP contribution < -0.4 is 5.73 Å². The molecule has 0 radical (unpaired) electrons. The standard InChI is InChI=1S/C4H8O.C2H5NO2/c1-3-5-4-2;3-1-2(4)5/h3H,1,4H2,2H3;1,3H2,(H,4,5). The maximum Gasteiger partial charge on any atom is 0.317 e. The van der Waals surface area contributed by atoms with Gasteiger partial charge in [-0.05, 0) is 6.92 Å². The normalized spacial score (nSPS) is 7.00. The quantitative estimate of drug-likeness (QED) is 0.559. The van der Waals surface area contributed by atoms with E-state index in [2.05, 4.69) is 17.0 Å². The van der Waals surface area contributed by atoms with Crippen LogP contribution in [0.4, 0.5) is 0 Å². The van der Waals surface area contributed by atoms with E-state index >= 15 is 0 Å². The maximum atomic E-state index is 9.24. The summed E-state index contributed by atoms with van der Waals surface area (Å²) in [7, 11) is 0. The first kappa shape index (κ1) is 11.7. The van der Waals surface area contributed by atoms with Crippen LogP contribution in [0.5, 0.6) is 0 Å². The number of carbonyl (C=O) groups is 1. The Bertz CT molecular complexity index is 93.0. The van der Waals surface area contributed by atoms with Gasteiger partial charge in [0.15, 0.2) is 0 Å².